The second kappa shape index (κ2) is 5.68. The molecule has 2 aromatic rings. The third-order valence-corrected chi connectivity index (χ3v) is 2.91. The van der Waals surface area contributed by atoms with E-state index < -0.39 is 0 Å². The number of hydrogen-bond acceptors (Lipinski definition) is 5. The standard InChI is InChI=1S/C13H18N6O/c1-4-10-16-11(5-2)19(17-10)12-7-9(13(14)18-20)6-8(3)15-12/h6-7,20H,4-5H2,1-3H3,(H2,14,18). The van der Waals surface area contributed by atoms with E-state index in [1.165, 1.54) is 0 Å². The smallest absolute Gasteiger partial charge is 0.170 e. The van der Waals surface area contributed by atoms with Gasteiger partial charge in [0, 0.05) is 24.1 Å². The molecule has 0 spiro atoms. The van der Waals surface area contributed by atoms with Gasteiger partial charge in [-0.3, -0.25) is 0 Å². The van der Waals surface area contributed by atoms with Gasteiger partial charge in [-0.2, -0.15) is 4.68 Å². The first-order valence-corrected chi connectivity index (χ1v) is 6.50. The molecule has 0 amide bonds. The Bertz CT molecular complexity index is 646. The van der Waals surface area contributed by atoms with Gasteiger partial charge in [0.2, 0.25) is 0 Å². The molecule has 0 aromatic carbocycles. The van der Waals surface area contributed by atoms with Crippen LogP contribution in [0.25, 0.3) is 5.82 Å². The summed E-state index contributed by atoms with van der Waals surface area (Å²) in [4.78, 5) is 8.89. The van der Waals surface area contributed by atoms with Crippen LogP contribution in [0.3, 0.4) is 0 Å². The highest BCUT2D eigenvalue weighted by atomic mass is 16.4. The van der Waals surface area contributed by atoms with Crippen LogP contribution in [0, 0.1) is 6.92 Å². The largest absolute Gasteiger partial charge is 0.409 e. The monoisotopic (exact) mass is 274 g/mol. The molecule has 0 saturated carbocycles. The van der Waals surface area contributed by atoms with E-state index in [9.17, 15) is 0 Å². The maximum Gasteiger partial charge on any atom is 0.170 e. The molecule has 20 heavy (non-hydrogen) atoms. The van der Waals surface area contributed by atoms with Crippen molar-refractivity contribution < 1.29 is 5.21 Å². The van der Waals surface area contributed by atoms with Gasteiger partial charge in [0.05, 0.1) is 0 Å². The second-order valence-corrected chi connectivity index (χ2v) is 4.40. The number of aromatic nitrogens is 4. The Kier molecular flexibility index (Phi) is 3.97. The van der Waals surface area contributed by atoms with E-state index in [4.69, 9.17) is 10.9 Å². The van der Waals surface area contributed by atoms with E-state index in [2.05, 4.69) is 20.2 Å². The highest BCUT2D eigenvalue weighted by Crippen LogP contribution is 2.12. The third kappa shape index (κ3) is 2.61. The number of pyridine rings is 1. The molecule has 7 nitrogen and oxygen atoms in total. The summed E-state index contributed by atoms with van der Waals surface area (Å²) >= 11 is 0. The Morgan fingerprint density at radius 2 is 2.05 bits per heavy atom. The van der Waals surface area contributed by atoms with E-state index in [0.717, 1.165) is 30.2 Å². The molecule has 0 fully saturated rings. The second-order valence-electron chi connectivity index (χ2n) is 4.40. The zero-order valence-electron chi connectivity index (χ0n) is 11.8. The lowest BCUT2D eigenvalue weighted by atomic mass is 10.2. The predicted molar refractivity (Wildman–Crippen MR) is 75.2 cm³/mol. The molecule has 0 saturated heterocycles. The summed E-state index contributed by atoms with van der Waals surface area (Å²) in [5.41, 5.74) is 7.01. The van der Waals surface area contributed by atoms with Crippen molar-refractivity contribution >= 4 is 5.84 Å². The minimum absolute atomic E-state index is 0.0469. The predicted octanol–water partition coefficient (Wildman–Crippen LogP) is 1.19. The first-order chi connectivity index (χ1) is 9.58. The number of nitrogens with zero attached hydrogens (tertiary/aromatic N) is 5. The molecule has 0 aliphatic carbocycles. The summed E-state index contributed by atoms with van der Waals surface area (Å²) in [5, 5.41) is 16.2. The normalized spacial score (nSPS) is 11.8. The highest BCUT2D eigenvalue weighted by Gasteiger charge is 2.12. The van der Waals surface area contributed by atoms with Crippen LogP contribution in [0.15, 0.2) is 17.3 Å². The quantitative estimate of drug-likeness (QED) is 0.377. The molecule has 0 unspecified atom stereocenters. The number of nitrogens with two attached hydrogens (primary N) is 1. The summed E-state index contributed by atoms with van der Waals surface area (Å²) in [5.74, 6) is 2.28. The number of aryl methyl sites for hydroxylation is 3. The van der Waals surface area contributed by atoms with Crippen LogP contribution >= 0.6 is 0 Å². The third-order valence-electron chi connectivity index (χ3n) is 2.91. The molecule has 7 heteroatoms. The first kappa shape index (κ1) is 14.0. The molecule has 2 aromatic heterocycles. The van der Waals surface area contributed by atoms with Crippen LogP contribution in [0.4, 0.5) is 0 Å². The average Bonchev–Trinajstić information content (AvgIpc) is 2.89. The summed E-state index contributed by atoms with van der Waals surface area (Å²) in [6.45, 7) is 5.87. The Labute approximate surface area is 117 Å². The van der Waals surface area contributed by atoms with E-state index >= 15 is 0 Å². The van der Waals surface area contributed by atoms with Gasteiger partial charge in [-0.15, -0.1) is 5.10 Å². The van der Waals surface area contributed by atoms with E-state index in [1.807, 2.05) is 20.8 Å². The SMILES string of the molecule is CCc1nc(CC)n(-c2cc(/C(N)=N/O)cc(C)n2)n1. The van der Waals surface area contributed by atoms with Crippen LogP contribution in [-0.4, -0.2) is 30.8 Å². The van der Waals surface area contributed by atoms with Crippen LogP contribution in [0.5, 0.6) is 0 Å². The van der Waals surface area contributed by atoms with Crippen LogP contribution in [0.1, 0.15) is 36.8 Å². The molecular formula is C13H18N6O. The summed E-state index contributed by atoms with van der Waals surface area (Å²) in [7, 11) is 0. The average molecular weight is 274 g/mol. The molecule has 2 rings (SSSR count). The maximum absolute atomic E-state index is 8.79. The molecular weight excluding hydrogens is 256 g/mol. The van der Waals surface area contributed by atoms with Gasteiger partial charge in [-0.25, -0.2) is 9.97 Å². The van der Waals surface area contributed by atoms with Gasteiger partial charge in [0.25, 0.3) is 0 Å². The minimum Gasteiger partial charge on any atom is -0.409 e. The first-order valence-electron chi connectivity index (χ1n) is 6.50. The Balaban J connectivity index is 2.57. The summed E-state index contributed by atoms with van der Waals surface area (Å²) in [6, 6.07) is 3.48. The molecule has 0 bridgehead atoms. The molecule has 0 radical (unpaired) electrons. The lowest BCUT2D eigenvalue weighted by molar-refractivity contribution is 0.318. The molecule has 0 atom stereocenters. The van der Waals surface area contributed by atoms with Crippen molar-refractivity contribution in [3.05, 3.63) is 35.0 Å². The number of amidine groups is 1. The van der Waals surface area contributed by atoms with Crippen molar-refractivity contribution in [3.63, 3.8) is 0 Å². The van der Waals surface area contributed by atoms with Gasteiger partial charge in [0.1, 0.15) is 5.82 Å². The van der Waals surface area contributed by atoms with Crippen molar-refractivity contribution in [2.75, 3.05) is 0 Å². The maximum atomic E-state index is 8.79. The topological polar surface area (TPSA) is 102 Å². The van der Waals surface area contributed by atoms with Crippen molar-refractivity contribution in [1.82, 2.24) is 19.7 Å². The number of hydrogen-bond donors (Lipinski definition) is 2. The van der Waals surface area contributed by atoms with Gasteiger partial charge in [0.15, 0.2) is 17.5 Å². The van der Waals surface area contributed by atoms with E-state index in [0.29, 0.717) is 11.4 Å². The fraction of sp³-hybridized carbons (Fsp3) is 0.385. The minimum atomic E-state index is 0.0469. The van der Waals surface area contributed by atoms with Crippen molar-refractivity contribution in [3.8, 4) is 5.82 Å². The molecule has 2 heterocycles. The fourth-order valence-electron chi connectivity index (χ4n) is 1.92. The van der Waals surface area contributed by atoms with Gasteiger partial charge >= 0.3 is 0 Å². The van der Waals surface area contributed by atoms with Crippen LogP contribution < -0.4 is 5.73 Å². The summed E-state index contributed by atoms with van der Waals surface area (Å²) in [6.07, 6.45) is 1.51. The van der Waals surface area contributed by atoms with Crippen molar-refractivity contribution in [2.45, 2.75) is 33.6 Å². The van der Waals surface area contributed by atoms with Gasteiger partial charge in [-0.05, 0) is 19.1 Å². The summed E-state index contributed by atoms with van der Waals surface area (Å²) < 4.78 is 1.71. The molecule has 0 aliphatic rings. The van der Waals surface area contributed by atoms with E-state index in [1.54, 1.807) is 16.8 Å². The zero-order chi connectivity index (χ0) is 14.7. The molecule has 0 aliphatic heterocycles. The Morgan fingerprint density at radius 3 is 2.65 bits per heavy atom. The molecule has 106 valence electrons. The Morgan fingerprint density at radius 1 is 1.30 bits per heavy atom. The van der Waals surface area contributed by atoms with Crippen molar-refractivity contribution in [2.24, 2.45) is 10.9 Å². The van der Waals surface area contributed by atoms with Gasteiger partial charge < -0.3 is 10.9 Å². The Hall–Kier alpha value is -2.44. The lowest BCUT2D eigenvalue weighted by Gasteiger charge is -2.07. The number of rotatable bonds is 4. The molecule has 3 N–H and O–H groups in total. The zero-order valence-corrected chi connectivity index (χ0v) is 11.8. The van der Waals surface area contributed by atoms with E-state index in [-0.39, 0.29) is 5.84 Å². The van der Waals surface area contributed by atoms with Crippen molar-refractivity contribution in [1.29, 1.82) is 0 Å². The van der Waals surface area contributed by atoms with Gasteiger partial charge in [-0.1, -0.05) is 19.0 Å². The number of oxime groups is 1. The van der Waals surface area contributed by atoms with Crippen LogP contribution in [-0.2, 0) is 12.8 Å². The highest BCUT2D eigenvalue weighted by molar-refractivity contribution is 5.97. The van der Waals surface area contributed by atoms with Crippen LogP contribution in [0.2, 0.25) is 0 Å². The fourth-order valence-corrected chi connectivity index (χ4v) is 1.92. The lowest BCUT2D eigenvalue weighted by Crippen LogP contribution is -2.15.